The predicted molar refractivity (Wildman–Crippen MR) is 68.4 cm³/mol. The maximum Gasteiger partial charge on any atom is 0.514 e. The van der Waals surface area contributed by atoms with Gasteiger partial charge in [0.25, 0.3) is 0 Å². The summed E-state index contributed by atoms with van der Waals surface area (Å²) in [6, 6.07) is 0. The van der Waals surface area contributed by atoms with Gasteiger partial charge in [-0.3, -0.25) is 0 Å². The molecule has 0 bridgehead atoms. The number of aryl methyl sites for hydroxylation is 1. The van der Waals surface area contributed by atoms with Crippen molar-refractivity contribution >= 4 is 12.7 Å². The first kappa shape index (κ1) is 5.45. The Morgan fingerprint density at radius 2 is 2.12 bits per heavy atom. The first-order valence-electron chi connectivity index (χ1n) is 9.79. The van der Waals surface area contributed by atoms with Crippen LogP contribution in [0.4, 0.5) is 0 Å². The summed E-state index contributed by atoms with van der Waals surface area (Å²) in [7, 11) is -1.34. The fraction of sp³-hybridized carbons (Fsp3) is 0.750. The molecule has 0 unspecified atom stereocenters. The van der Waals surface area contributed by atoms with Crippen molar-refractivity contribution in [2.75, 3.05) is 0 Å². The van der Waals surface area contributed by atoms with Crippen molar-refractivity contribution in [3.8, 4) is 0 Å². The summed E-state index contributed by atoms with van der Waals surface area (Å²) in [5.41, 5.74) is -2.09. The molecule has 0 radical (unpaired) electrons. The molecule has 0 amide bonds. The van der Waals surface area contributed by atoms with Crippen LogP contribution in [0.1, 0.15) is 52.7 Å². The maximum absolute atomic E-state index is 8.04. The number of rotatable bonds is 2. The summed E-state index contributed by atoms with van der Waals surface area (Å²) in [6.45, 7) is -2.39. The molecule has 1 aliphatic heterocycles. The standard InChI is InChI=1S/C12H21BN2O2/c1-7-15-9(2)14-8-10(15)13-16-11(3,4)12(5,6)17-13/h8H,7H2,1-6H3/i1D3,2D3,7D2,8D. The van der Waals surface area contributed by atoms with E-state index >= 15 is 0 Å². The Hall–Kier alpha value is -0.805. The Morgan fingerprint density at radius 3 is 2.65 bits per heavy atom. The van der Waals surface area contributed by atoms with Gasteiger partial charge in [-0.1, -0.05) is 0 Å². The molecule has 0 aromatic carbocycles. The quantitative estimate of drug-likeness (QED) is 0.741. The largest absolute Gasteiger partial charge is 0.514 e. The summed E-state index contributed by atoms with van der Waals surface area (Å²) in [5, 5.41) is 0. The van der Waals surface area contributed by atoms with Crippen LogP contribution in [0.3, 0.4) is 0 Å². The van der Waals surface area contributed by atoms with Gasteiger partial charge >= 0.3 is 7.12 Å². The van der Waals surface area contributed by atoms with Crippen molar-refractivity contribution in [1.82, 2.24) is 9.55 Å². The highest BCUT2D eigenvalue weighted by Gasteiger charge is 2.52. The molecule has 94 valence electrons. The monoisotopic (exact) mass is 245 g/mol. The lowest BCUT2D eigenvalue weighted by atomic mass is 9.85. The van der Waals surface area contributed by atoms with E-state index in [-0.39, 0.29) is 5.59 Å². The number of hydrogen-bond donors (Lipinski definition) is 0. The molecule has 1 fully saturated rings. The predicted octanol–water partition coefficient (Wildman–Crippen LogP) is 1.51. The second kappa shape index (κ2) is 3.85. The molecule has 0 aliphatic carbocycles. The van der Waals surface area contributed by atoms with Gasteiger partial charge in [-0.05, 0) is 41.4 Å². The molecular weight excluding hydrogens is 215 g/mol. The number of imidazole rings is 1. The Labute approximate surface area is 116 Å². The van der Waals surface area contributed by atoms with Crippen molar-refractivity contribution in [2.24, 2.45) is 0 Å². The third-order valence-corrected chi connectivity index (χ3v) is 3.32. The summed E-state index contributed by atoms with van der Waals surface area (Å²) in [4.78, 5) is 3.62. The van der Waals surface area contributed by atoms with Crippen LogP contribution in [0.5, 0.6) is 0 Å². The van der Waals surface area contributed by atoms with Crippen molar-refractivity contribution < 1.29 is 21.6 Å². The first-order valence-corrected chi connectivity index (χ1v) is 5.29. The van der Waals surface area contributed by atoms with E-state index in [1.165, 1.54) is 0 Å². The molecule has 1 aromatic heterocycles. The van der Waals surface area contributed by atoms with E-state index in [2.05, 4.69) is 4.98 Å². The Morgan fingerprint density at radius 1 is 1.47 bits per heavy atom. The van der Waals surface area contributed by atoms with Gasteiger partial charge in [0.15, 0.2) is 0 Å². The van der Waals surface area contributed by atoms with E-state index in [0.29, 0.717) is 4.57 Å². The lowest BCUT2D eigenvalue weighted by Crippen LogP contribution is -2.41. The molecule has 2 heterocycles. The Kier molecular flexibility index (Phi) is 1.23. The fourth-order valence-electron chi connectivity index (χ4n) is 1.55. The zero-order valence-corrected chi connectivity index (χ0v) is 10.3. The molecule has 0 spiro atoms. The van der Waals surface area contributed by atoms with E-state index in [0.717, 1.165) is 0 Å². The van der Waals surface area contributed by atoms with Crippen LogP contribution in [0, 0.1) is 6.85 Å². The average molecular weight is 245 g/mol. The SMILES string of the molecule is [2H]c1nc(C([2H])([2H])[2H])n(C([2H])([2H])C([2H])([2H])[2H])c1B1OC(C)(C)C(C)(C)O1. The topological polar surface area (TPSA) is 36.3 Å². The second-order valence-electron chi connectivity index (χ2n) is 4.97. The van der Waals surface area contributed by atoms with Crippen molar-refractivity contribution in [2.45, 2.75) is 59.1 Å². The van der Waals surface area contributed by atoms with E-state index in [9.17, 15) is 0 Å². The van der Waals surface area contributed by atoms with Crippen LogP contribution in [0.2, 0.25) is 0 Å². The Bertz CT molecular complexity index is 693. The zero-order valence-electron chi connectivity index (χ0n) is 19.3. The van der Waals surface area contributed by atoms with Crippen LogP contribution in [-0.2, 0) is 15.8 Å². The number of hydrogen-bond acceptors (Lipinski definition) is 3. The van der Waals surface area contributed by atoms with Gasteiger partial charge in [-0.25, -0.2) is 4.98 Å². The molecule has 17 heavy (non-hydrogen) atoms. The molecule has 1 aromatic rings. The van der Waals surface area contributed by atoms with Crippen LogP contribution in [0.25, 0.3) is 0 Å². The maximum atomic E-state index is 8.04. The molecule has 0 atom stereocenters. The van der Waals surface area contributed by atoms with Crippen molar-refractivity contribution in [3.05, 3.63) is 12.0 Å². The smallest absolute Gasteiger partial charge is 0.398 e. The third kappa shape index (κ3) is 1.91. The van der Waals surface area contributed by atoms with Gasteiger partial charge < -0.3 is 13.9 Å². The van der Waals surface area contributed by atoms with E-state index in [1.807, 2.05) is 0 Å². The van der Waals surface area contributed by atoms with Crippen LogP contribution >= 0.6 is 0 Å². The van der Waals surface area contributed by atoms with Gasteiger partial charge in [-0.2, -0.15) is 0 Å². The summed E-state index contributed by atoms with van der Waals surface area (Å²) < 4.78 is 81.2. The van der Waals surface area contributed by atoms with Gasteiger partial charge in [0.2, 0.25) is 0 Å². The molecule has 1 saturated heterocycles. The number of aromatic nitrogens is 2. The summed E-state index contributed by atoms with van der Waals surface area (Å²) >= 11 is 0. The minimum atomic E-state index is -3.21. The Balaban J connectivity index is 2.75. The van der Waals surface area contributed by atoms with Gasteiger partial charge in [-0.15, -0.1) is 0 Å². The van der Waals surface area contributed by atoms with Crippen LogP contribution < -0.4 is 5.59 Å². The second-order valence-corrected chi connectivity index (χ2v) is 4.97. The molecular formula is C12H21BN2O2. The molecule has 0 N–H and O–H groups in total. The zero-order chi connectivity index (χ0) is 20.5. The molecule has 5 heteroatoms. The average Bonchev–Trinajstić information content (AvgIpc) is 2.82. The summed E-state index contributed by atoms with van der Waals surface area (Å²) in [6.07, 6.45) is -0.609. The minimum absolute atomic E-state index is 0.379. The van der Waals surface area contributed by atoms with Gasteiger partial charge in [0.05, 0.1) is 18.2 Å². The third-order valence-electron chi connectivity index (χ3n) is 3.32. The van der Waals surface area contributed by atoms with Crippen molar-refractivity contribution in [1.29, 1.82) is 0 Å². The van der Waals surface area contributed by atoms with Crippen LogP contribution in [-0.4, -0.2) is 27.9 Å². The lowest BCUT2D eigenvalue weighted by molar-refractivity contribution is 0.00578. The number of nitrogens with zero attached hydrogens (tertiary/aromatic N) is 2. The molecule has 2 rings (SSSR count). The van der Waals surface area contributed by atoms with E-state index in [1.54, 1.807) is 27.7 Å². The molecule has 0 saturated carbocycles. The van der Waals surface area contributed by atoms with Gasteiger partial charge in [0, 0.05) is 23.6 Å². The first-order chi connectivity index (χ1) is 11.3. The summed E-state index contributed by atoms with van der Waals surface area (Å²) in [5.74, 6) is -0.840. The molecule has 4 nitrogen and oxygen atoms in total. The van der Waals surface area contributed by atoms with E-state index < -0.39 is 50.5 Å². The highest BCUT2D eigenvalue weighted by molar-refractivity contribution is 6.61. The lowest BCUT2D eigenvalue weighted by Gasteiger charge is -2.32. The van der Waals surface area contributed by atoms with E-state index in [4.69, 9.17) is 21.6 Å². The van der Waals surface area contributed by atoms with Gasteiger partial charge in [0.1, 0.15) is 5.82 Å². The van der Waals surface area contributed by atoms with Crippen molar-refractivity contribution in [3.63, 3.8) is 0 Å². The normalized spacial score (nSPS) is 32.2. The van der Waals surface area contributed by atoms with Crippen LogP contribution in [0.15, 0.2) is 6.17 Å². The fourth-order valence-corrected chi connectivity index (χ4v) is 1.55. The minimum Gasteiger partial charge on any atom is -0.398 e. The highest BCUT2D eigenvalue weighted by Crippen LogP contribution is 2.36. The molecule has 1 aliphatic rings. The highest BCUT2D eigenvalue weighted by atomic mass is 16.7.